The van der Waals surface area contributed by atoms with Crippen LogP contribution in [0.1, 0.15) is 66.1 Å². The summed E-state index contributed by atoms with van der Waals surface area (Å²) in [5.41, 5.74) is 0.946. The van der Waals surface area contributed by atoms with E-state index in [0.29, 0.717) is 12.1 Å². The molecule has 190 valence electrons. The fraction of sp³-hybridized carbons (Fsp3) is 0.480. The van der Waals surface area contributed by atoms with Gasteiger partial charge in [-0.05, 0) is 86.1 Å². The molecule has 0 radical (unpaired) electrons. The summed E-state index contributed by atoms with van der Waals surface area (Å²) in [4.78, 5) is 14.3. The first-order valence-electron chi connectivity index (χ1n) is 11.5. The number of ether oxygens (including phenoxy) is 1. The fourth-order valence-corrected chi connectivity index (χ4v) is 4.96. The van der Waals surface area contributed by atoms with Crippen LogP contribution in [0, 0.1) is 0 Å². The summed E-state index contributed by atoms with van der Waals surface area (Å²) in [6.45, 7) is 3.57. The van der Waals surface area contributed by atoms with E-state index in [1.807, 2.05) is 19.1 Å². The maximum absolute atomic E-state index is 13.3. The highest BCUT2D eigenvalue weighted by Crippen LogP contribution is 2.42. The smallest absolute Gasteiger partial charge is 0.416 e. The lowest BCUT2D eigenvalue weighted by Gasteiger charge is -2.39. The lowest BCUT2D eigenvalue weighted by atomic mass is 9.89. The Labute approximate surface area is 199 Å². The molecule has 2 aromatic rings. The molecule has 4 rings (SSSR count). The van der Waals surface area contributed by atoms with Crippen molar-refractivity contribution >= 4 is 11.8 Å². The molecule has 2 aliphatic rings. The molecule has 2 unspecified atom stereocenters. The summed E-state index contributed by atoms with van der Waals surface area (Å²) in [5.74, 6) is 0. The van der Waals surface area contributed by atoms with Gasteiger partial charge in [0.1, 0.15) is 0 Å². The fourth-order valence-electron chi connectivity index (χ4n) is 4.96. The summed E-state index contributed by atoms with van der Waals surface area (Å²) < 4.78 is 84.7. The number of nitrogens with zero attached hydrogens (tertiary/aromatic N) is 1. The number of rotatable bonds is 4. The van der Waals surface area contributed by atoms with E-state index in [1.54, 1.807) is 11.8 Å². The first kappa shape index (κ1) is 25.3. The van der Waals surface area contributed by atoms with Crippen molar-refractivity contribution in [2.75, 3.05) is 11.5 Å². The second-order valence-electron chi connectivity index (χ2n) is 9.03. The molecule has 0 spiro atoms. The topological polar surface area (TPSA) is 41.6 Å². The van der Waals surface area contributed by atoms with Crippen LogP contribution in [0.4, 0.5) is 36.8 Å². The minimum Gasteiger partial charge on any atom is -0.449 e. The minimum atomic E-state index is -4.90. The Bertz CT molecular complexity index is 1080. The van der Waals surface area contributed by atoms with Crippen molar-refractivity contribution in [3.63, 3.8) is 0 Å². The Balaban J connectivity index is 1.67. The van der Waals surface area contributed by atoms with Gasteiger partial charge in [0.2, 0.25) is 0 Å². The van der Waals surface area contributed by atoms with Crippen LogP contribution >= 0.6 is 0 Å². The van der Waals surface area contributed by atoms with Crippen LogP contribution < -0.4 is 10.2 Å². The number of amides is 1. The second-order valence-corrected chi connectivity index (χ2v) is 9.03. The van der Waals surface area contributed by atoms with Crippen molar-refractivity contribution in [3.8, 4) is 0 Å². The number of hydrogen-bond donors (Lipinski definition) is 1. The second kappa shape index (κ2) is 9.37. The number of benzene rings is 2. The third-order valence-electron chi connectivity index (χ3n) is 6.56. The quantitative estimate of drug-likeness (QED) is 0.470. The Morgan fingerprint density at radius 3 is 2.17 bits per heavy atom. The minimum absolute atomic E-state index is 0.115. The Morgan fingerprint density at radius 1 is 1.00 bits per heavy atom. The van der Waals surface area contributed by atoms with E-state index in [-0.39, 0.29) is 36.9 Å². The third-order valence-corrected chi connectivity index (χ3v) is 6.56. The number of carbonyl (C=O) groups excluding carboxylic acids is 1. The lowest BCUT2D eigenvalue weighted by Crippen LogP contribution is -2.45. The first-order chi connectivity index (χ1) is 16.4. The van der Waals surface area contributed by atoms with E-state index in [0.717, 1.165) is 48.1 Å². The number of aryl methyl sites for hydroxylation is 2. The average Bonchev–Trinajstić information content (AvgIpc) is 3.22. The number of halogens is 6. The van der Waals surface area contributed by atoms with E-state index in [4.69, 9.17) is 4.74 Å². The highest BCUT2D eigenvalue weighted by Gasteiger charge is 2.38. The first-order valence-corrected chi connectivity index (χ1v) is 11.5. The van der Waals surface area contributed by atoms with E-state index < -0.39 is 29.6 Å². The molecule has 0 bridgehead atoms. The van der Waals surface area contributed by atoms with Crippen LogP contribution in [0.3, 0.4) is 0 Å². The highest BCUT2D eigenvalue weighted by atomic mass is 19.4. The summed E-state index contributed by atoms with van der Waals surface area (Å²) in [5, 5.41) is 3.15. The van der Waals surface area contributed by atoms with Gasteiger partial charge in [0.25, 0.3) is 0 Å². The molecular weight excluding hydrogens is 474 g/mol. The van der Waals surface area contributed by atoms with Crippen LogP contribution in [-0.2, 0) is 36.5 Å². The van der Waals surface area contributed by atoms with Crippen molar-refractivity contribution in [1.82, 2.24) is 5.32 Å². The van der Waals surface area contributed by atoms with Crippen molar-refractivity contribution in [2.24, 2.45) is 0 Å². The van der Waals surface area contributed by atoms with Crippen LogP contribution in [0.15, 0.2) is 30.3 Å². The molecule has 10 heteroatoms. The zero-order chi connectivity index (χ0) is 25.5. The molecule has 1 amide bonds. The summed E-state index contributed by atoms with van der Waals surface area (Å²) >= 11 is 0. The van der Waals surface area contributed by atoms with Gasteiger partial charge < -0.3 is 10.1 Å². The number of carbonyl (C=O) groups is 1. The molecule has 35 heavy (non-hydrogen) atoms. The van der Waals surface area contributed by atoms with E-state index in [9.17, 15) is 31.1 Å². The molecule has 0 saturated heterocycles. The monoisotopic (exact) mass is 500 g/mol. The number of hydrogen-bond acceptors (Lipinski definition) is 3. The molecule has 2 aromatic carbocycles. The number of alkyl halides is 6. The predicted octanol–water partition coefficient (Wildman–Crippen LogP) is 6.80. The maximum Gasteiger partial charge on any atom is 0.416 e. The molecular formula is C25H26F6N2O2. The third kappa shape index (κ3) is 5.27. The van der Waals surface area contributed by atoms with Gasteiger partial charge in [-0.15, -0.1) is 0 Å². The maximum atomic E-state index is 13.3. The van der Waals surface area contributed by atoms with Crippen LogP contribution in [0.2, 0.25) is 0 Å². The molecule has 1 aliphatic heterocycles. The summed E-state index contributed by atoms with van der Waals surface area (Å²) in [6.07, 6.45) is -7.11. The lowest BCUT2D eigenvalue weighted by molar-refractivity contribution is -0.143. The molecule has 1 N–H and O–H groups in total. The van der Waals surface area contributed by atoms with Gasteiger partial charge >= 0.3 is 18.4 Å². The number of fused-ring (bicyclic) bond motifs is 2. The van der Waals surface area contributed by atoms with Crippen molar-refractivity contribution in [2.45, 2.75) is 70.5 Å². The van der Waals surface area contributed by atoms with Gasteiger partial charge in [-0.25, -0.2) is 4.79 Å². The Morgan fingerprint density at radius 2 is 1.60 bits per heavy atom. The van der Waals surface area contributed by atoms with Crippen LogP contribution in [0.5, 0.6) is 0 Å². The SMILES string of the molecule is CCOC(=O)N1c2cc3c(cc2C(NCc2cc(C(F)(F)F)cc(C(F)(F)F)c2)CC1C)CCC3. The van der Waals surface area contributed by atoms with Crippen LogP contribution in [0.25, 0.3) is 0 Å². The summed E-state index contributed by atoms with van der Waals surface area (Å²) in [6, 6.07) is 4.92. The normalized spacial score (nSPS) is 19.9. The van der Waals surface area contributed by atoms with Crippen molar-refractivity contribution in [3.05, 3.63) is 63.7 Å². The van der Waals surface area contributed by atoms with Gasteiger partial charge in [0.05, 0.1) is 23.4 Å². The molecule has 2 atom stereocenters. The zero-order valence-corrected chi connectivity index (χ0v) is 19.3. The standard InChI is InChI=1S/C25H26F6N2O2/c1-3-35-23(34)33-14(2)7-21(20-10-16-5-4-6-17(16)11-22(20)33)32-13-15-8-18(24(26,27)28)12-19(9-15)25(29,30)31/h8-12,14,21,32H,3-7,13H2,1-2H3. The van der Waals surface area contributed by atoms with Gasteiger partial charge in [-0.3, -0.25) is 4.90 Å². The summed E-state index contributed by atoms with van der Waals surface area (Å²) in [7, 11) is 0. The van der Waals surface area contributed by atoms with E-state index >= 15 is 0 Å². The molecule has 0 saturated carbocycles. The zero-order valence-electron chi connectivity index (χ0n) is 19.3. The van der Waals surface area contributed by atoms with Crippen molar-refractivity contribution in [1.29, 1.82) is 0 Å². The molecule has 1 heterocycles. The molecule has 0 aromatic heterocycles. The van der Waals surface area contributed by atoms with Gasteiger partial charge in [0, 0.05) is 18.6 Å². The average molecular weight is 500 g/mol. The molecule has 0 fully saturated rings. The predicted molar refractivity (Wildman–Crippen MR) is 118 cm³/mol. The molecule has 1 aliphatic carbocycles. The highest BCUT2D eigenvalue weighted by molar-refractivity contribution is 5.90. The molecule has 4 nitrogen and oxygen atoms in total. The van der Waals surface area contributed by atoms with Crippen molar-refractivity contribution < 1.29 is 35.9 Å². The van der Waals surface area contributed by atoms with Crippen LogP contribution in [-0.4, -0.2) is 18.7 Å². The number of anilines is 1. The van der Waals surface area contributed by atoms with Gasteiger partial charge in [-0.2, -0.15) is 26.3 Å². The number of nitrogens with one attached hydrogen (secondary N) is 1. The van der Waals surface area contributed by atoms with Gasteiger partial charge in [-0.1, -0.05) is 6.07 Å². The van der Waals surface area contributed by atoms with E-state index in [1.165, 1.54) is 0 Å². The Kier molecular flexibility index (Phi) is 6.78. The van der Waals surface area contributed by atoms with Gasteiger partial charge in [0.15, 0.2) is 0 Å². The van der Waals surface area contributed by atoms with E-state index in [2.05, 4.69) is 5.32 Å². The Hall–Kier alpha value is -2.75. The largest absolute Gasteiger partial charge is 0.449 e.